The van der Waals surface area contributed by atoms with Gasteiger partial charge in [0.05, 0.1) is 0 Å². The van der Waals surface area contributed by atoms with Crippen molar-refractivity contribution in [2.75, 3.05) is 0 Å². The summed E-state index contributed by atoms with van der Waals surface area (Å²) in [5.41, 5.74) is 20.1. The normalized spacial score (nSPS) is 12.4. The zero-order valence-corrected chi connectivity index (χ0v) is 24.0. The van der Waals surface area contributed by atoms with E-state index < -0.39 is 28.8 Å². The number of rotatable bonds is 1. The molecule has 0 fully saturated rings. The fraction of sp³-hybridized carbons (Fsp3) is 0.737. The molecule has 0 aromatic heterocycles. The SMILES string of the molecule is CC(C)(C)[NH-].CC(C)(C)[NH-].CC(C)(C)[NH-].F[C](F)(F)[GeH]([c-]1cccc1)[C](F)(F)F.[Zr+4]. The van der Waals surface area contributed by atoms with Gasteiger partial charge in [-0.1, -0.05) is 62.3 Å². The van der Waals surface area contributed by atoms with E-state index in [1.807, 2.05) is 62.3 Å². The summed E-state index contributed by atoms with van der Waals surface area (Å²) < 4.78 is 72.3. The van der Waals surface area contributed by atoms with Crippen LogP contribution in [-0.2, 0) is 26.2 Å². The van der Waals surface area contributed by atoms with Gasteiger partial charge in [-0.2, -0.15) is 0 Å². The molecule has 0 spiro atoms. The first-order chi connectivity index (χ1) is 12.2. The molecule has 0 radical (unpaired) electrons. The van der Waals surface area contributed by atoms with Crippen molar-refractivity contribution >= 4 is 18.7 Å². The van der Waals surface area contributed by atoms with E-state index in [0.29, 0.717) is 0 Å². The van der Waals surface area contributed by atoms with E-state index in [4.69, 9.17) is 17.2 Å². The van der Waals surface area contributed by atoms with Gasteiger partial charge in [-0.05, 0) is 0 Å². The fourth-order valence-corrected chi connectivity index (χ4v) is 4.78. The Labute approximate surface area is 201 Å². The molecule has 0 aliphatic rings. The van der Waals surface area contributed by atoms with Gasteiger partial charge in [-0.15, -0.1) is 16.6 Å². The zero-order chi connectivity index (χ0) is 24.5. The predicted octanol–water partition coefficient (Wildman–Crippen LogP) is 7.55. The van der Waals surface area contributed by atoms with Crippen LogP contribution < -0.4 is 4.40 Å². The Morgan fingerprint density at radius 2 is 0.733 bits per heavy atom. The molecule has 0 atom stereocenters. The van der Waals surface area contributed by atoms with E-state index in [0.717, 1.165) is 12.1 Å². The third-order valence-corrected chi connectivity index (χ3v) is 6.63. The number of hydrogen-bond acceptors (Lipinski definition) is 0. The summed E-state index contributed by atoms with van der Waals surface area (Å²) >= 11 is -5.46. The quantitative estimate of drug-likeness (QED) is 0.186. The van der Waals surface area contributed by atoms with Crippen LogP contribution in [0.2, 0.25) is 0 Å². The van der Waals surface area contributed by atoms with Crippen molar-refractivity contribution in [2.24, 2.45) is 0 Å². The molecule has 3 N–H and O–H groups in total. The molecule has 1 aromatic rings. The van der Waals surface area contributed by atoms with E-state index >= 15 is 0 Å². The van der Waals surface area contributed by atoms with Crippen molar-refractivity contribution in [1.29, 1.82) is 0 Å². The van der Waals surface area contributed by atoms with Crippen LogP contribution >= 0.6 is 0 Å². The van der Waals surface area contributed by atoms with Crippen LogP contribution in [0.5, 0.6) is 0 Å². The first kappa shape index (κ1) is 37.5. The summed E-state index contributed by atoms with van der Waals surface area (Å²) in [4.78, 5) is 0. The van der Waals surface area contributed by atoms with Crippen LogP contribution in [0.15, 0.2) is 24.3 Å². The zero-order valence-electron chi connectivity index (χ0n) is 19.2. The molecule has 1 aromatic carbocycles. The second kappa shape index (κ2) is 14.4. The molecule has 0 bridgehead atoms. The topological polar surface area (TPSA) is 71.4 Å². The van der Waals surface area contributed by atoms with Gasteiger partial charge in [0.15, 0.2) is 0 Å². The maximum absolute atomic E-state index is 12.1. The number of hydrogen-bond donors (Lipinski definition) is 0. The number of alkyl halides is 6. The molecule has 0 unspecified atom stereocenters. The minimum absolute atomic E-state index is 0. The first-order valence-corrected chi connectivity index (χ1v) is 12.5. The van der Waals surface area contributed by atoms with Gasteiger partial charge in [0.1, 0.15) is 0 Å². The third-order valence-electron chi connectivity index (χ3n) is 1.68. The molecule has 176 valence electrons. The Bertz CT molecular complexity index is 464. The smallest absolute Gasteiger partial charge is 4.00 e. The largest absolute Gasteiger partial charge is 4.00 e. The monoisotopic (exact) mass is 583 g/mol. The Kier molecular flexibility index (Phi) is 18.0. The molecule has 0 aliphatic carbocycles. The summed E-state index contributed by atoms with van der Waals surface area (Å²) in [7, 11) is 0. The average molecular weight is 583 g/mol. The first-order valence-electron chi connectivity index (χ1n) is 8.83. The molecule has 0 saturated carbocycles. The van der Waals surface area contributed by atoms with E-state index in [9.17, 15) is 26.3 Å². The predicted molar refractivity (Wildman–Crippen MR) is 113 cm³/mol. The molecule has 1 rings (SSSR count). The Morgan fingerprint density at radius 1 is 0.567 bits per heavy atom. The number of halogens is 6. The molecule has 0 heterocycles. The molecule has 0 saturated heterocycles. The van der Waals surface area contributed by atoms with Gasteiger partial charge in [-0.25, -0.2) is 0 Å². The van der Waals surface area contributed by atoms with Crippen LogP contribution in [0.1, 0.15) is 62.3 Å². The van der Waals surface area contributed by atoms with Gasteiger partial charge < -0.3 is 17.2 Å². The van der Waals surface area contributed by atoms with Crippen LogP contribution in [-0.4, -0.2) is 41.0 Å². The van der Waals surface area contributed by atoms with Crippen molar-refractivity contribution in [1.82, 2.24) is 0 Å². The minimum Gasteiger partial charge on any atom is 4.00 e. The summed E-state index contributed by atoms with van der Waals surface area (Å²) in [6, 6.07) is 4.16. The van der Waals surface area contributed by atoms with Crippen molar-refractivity contribution in [2.45, 2.75) is 88.9 Å². The second-order valence-electron chi connectivity index (χ2n) is 9.48. The molecule has 3 nitrogen and oxygen atoms in total. The molecule has 11 heteroatoms. The van der Waals surface area contributed by atoms with E-state index in [-0.39, 0.29) is 42.8 Å². The van der Waals surface area contributed by atoms with Crippen LogP contribution in [0.25, 0.3) is 17.2 Å². The summed E-state index contributed by atoms with van der Waals surface area (Å²) in [6.45, 7) is 16.7. The summed E-state index contributed by atoms with van der Waals surface area (Å²) in [5.74, 6) is 0. The average Bonchev–Trinajstić information content (AvgIpc) is 2.69. The van der Waals surface area contributed by atoms with Crippen LogP contribution in [0.4, 0.5) is 26.3 Å². The maximum Gasteiger partial charge on any atom is 4.00 e. The maximum atomic E-state index is 12.1. The Hall–Kier alpha value is 0.236. The molecular weight excluding hydrogens is 548 g/mol. The van der Waals surface area contributed by atoms with Gasteiger partial charge in [0.2, 0.25) is 0 Å². The van der Waals surface area contributed by atoms with Gasteiger partial charge in [0.25, 0.3) is 0 Å². The van der Waals surface area contributed by atoms with Crippen molar-refractivity contribution in [3.8, 4) is 0 Å². The van der Waals surface area contributed by atoms with Gasteiger partial charge >= 0.3 is 106 Å². The molecule has 0 amide bonds. The fourth-order valence-electron chi connectivity index (χ4n) is 1.14. The molecular formula is C19H35F6GeN3Zr. The third kappa shape index (κ3) is 38.8. The number of nitrogens with one attached hydrogen (secondary N) is 3. The summed E-state index contributed by atoms with van der Waals surface area (Å²) in [5, 5.41) is -10.2. The van der Waals surface area contributed by atoms with Gasteiger partial charge in [0, 0.05) is 0 Å². The van der Waals surface area contributed by atoms with E-state index in [1.165, 1.54) is 12.1 Å². The van der Waals surface area contributed by atoms with Crippen molar-refractivity contribution in [3.63, 3.8) is 0 Å². The standard InChI is InChI=1S/C7H5F6Ge.3C4H10N.Zr/c8-6(9,10)14(7(11,12)13)5-3-1-2-4-5;3*1-4(2,3)5;/h1-4,14H;3*5H,1-3H3;/q4*-1;+4. The molecule has 0 aliphatic heterocycles. The van der Waals surface area contributed by atoms with E-state index in [1.54, 1.807) is 0 Å². The Morgan fingerprint density at radius 3 is 0.867 bits per heavy atom. The summed E-state index contributed by atoms with van der Waals surface area (Å²) in [6.07, 6.45) is 0. The van der Waals surface area contributed by atoms with Crippen LogP contribution in [0, 0.1) is 0 Å². The van der Waals surface area contributed by atoms with Crippen molar-refractivity contribution < 1.29 is 52.5 Å². The van der Waals surface area contributed by atoms with Gasteiger partial charge in [-0.3, -0.25) is 0 Å². The van der Waals surface area contributed by atoms with E-state index in [2.05, 4.69) is 0 Å². The second-order valence-corrected chi connectivity index (χ2v) is 15.4. The van der Waals surface area contributed by atoms with Crippen molar-refractivity contribution in [3.05, 3.63) is 41.5 Å². The minimum atomic E-state index is -5.46. The Balaban J connectivity index is -0.000000176. The van der Waals surface area contributed by atoms with Crippen LogP contribution in [0.3, 0.4) is 0 Å². The molecule has 30 heavy (non-hydrogen) atoms.